The van der Waals surface area contributed by atoms with Crippen LogP contribution in [0.3, 0.4) is 0 Å². The first-order valence-corrected chi connectivity index (χ1v) is 33.2. The van der Waals surface area contributed by atoms with Gasteiger partial charge in [-0.15, -0.1) is 0 Å². The number of anilines is 4. The first-order chi connectivity index (χ1) is 32.0. The van der Waals surface area contributed by atoms with E-state index in [1.807, 2.05) is 0 Å². The van der Waals surface area contributed by atoms with Crippen LogP contribution in [-0.2, 0) is 0 Å². The van der Waals surface area contributed by atoms with Crippen molar-refractivity contribution in [2.75, 3.05) is 19.6 Å². The molecule has 6 rings (SSSR count). The van der Waals surface area contributed by atoms with Crippen LogP contribution in [0, 0.1) is 0 Å². The Bertz CT molecular complexity index is 2100. The molecule has 2 aliphatic heterocycles. The minimum absolute atomic E-state index is 0.429. The summed E-state index contributed by atoms with van der Waals surface area (Å²) in [4.78, 5) is 14.6. The van der Waals surface area contributed by atoms with E-state index in [2.05, 4.69) is 241 Å². The standard InChI is InChI=1S/2C30H41ClGeN2/c2*1-18(2)24-13-11-14-25(19(3)4)29(24)33-22(9)23(10)34(28(33)17-32-31)30-26(20(5)6)15-12-16-27(30)21(7)8/h2*11-21H,1-10H3. The monoisotopic (exact) mass is 1080 g/mol. The van der Waals surface area contributed by atoms with Crippen molar-refractivity contribution in [2.24, 2.45) is 0 Å². The van der Waals surface area contributed by atoms with Crippen LogP contribution in [0.5, 0.6) is 0 Å². The molecule has 0 spiro atoms. The first-order valence-electron chi connectivity index (χ1n) is 25.2. The quantitative estimate of drug-likeness (QED) is 0.117. The predicted molar refractivity (Wildman–Crippen MR) is 305 cm³/mol. The molecule has 0 amide bonds. The number of benzene rings is 4. The topological polar surface area (TPSA) is 13.0 Å². The van der Waals surface area contributed by atoms with Crippen LogP contribution in [0.15, 0.2) is 117 Å². The summed E-state index contributed by atoms with van der Waals surface area (Å²) >= 11 is -1.46. The van der Waals surface area contributed by atoms with E-state index in [-0.39, 0.29) is 0 Å². The molecule has 0 atom stereocenters. The molecule has 4 aromatic carbocycles. The molecule has 0 unspecified atom stereocenters. The van der Waals surface area contributed by atoms with Crippen LogP contribution in [-0.4, -0.2) is 29.0 Å². The van der Waals surface area contributed by atoms with E-state index in [1.54, 1.807) is 0 Å². The predicted octanol–water partition coefficient (Wildman–Crippen LogP) is 18.8. The summed E-state index contributed by atoms with van der Waals surface area (Å²) in [6.45, 7) is 45.8. The fourth-order valence-electron chi connectivity index (χ4n) is 10.1. The summed E-state index contributed by atoms with van der Waals surface area (Å²) in [6, 6.07) is 27.3. The van der Waals surface area contributed by atoms with Crippen molar-refractivity contribution < 1.29 is 0 Å². The molecule has 0 saturated heterocycles. The Morgan fingerprint density at radius 1 is 0.309 bits per heavy atom. The van der Waals surface area contributed by atoms with Crippen molar-refractivity contribution >= 4 is 71.8 Å². The number of rotatable bonds is 14. The number of hydrogen-bond donors (Lipinski definition) is 0. The third kappa shape index (κ3) is 11.1. The Labute approximate surface area is 435 Å². The van der Waals surface area contributed by atoms with Gasteiger partial charge in [0.25, 0.3) is 0 Å². The van der Waals surface area contributed by atoms with Gasteiger partial charge < -0.3 is 0 Å². The van der Waals surface area contributed by atoms with Crippen molar-refractivity contribution in [3.8, 4) is 0 Å². The number of hydrogen-bond acceptors (Lipinski definition) is 4. The minimum atomic E-state index is -0.728. The van der Waals surface area contributed by atoms with Crippen molar-refractivity contribution in [2.45, 2.75) is 186 Å². The summed E-state index contributed by atoms with van der Waals surface area (Å²) in [7, 11) is 13.1. The van der Waals surface area contributed by atoms with Gasteiger partial charge in [0.15, 0.2) is 0 Å². The van der Waals surface area contributed by atoms with E-state index in [0.717, 1.165) is 0 Å². The van der Waals surface area contributed by atoms with E-state index in [0.29, 0.717) is 47.3 Å². The SMILES string of the molecule is CC1=C(C)N(c2c(C(C)C)cccc2C(C)C)C(=[CH][Ge][Cl])N1c1c(C(C)C)cccc1C(C)C.CC1=C(C)N(c2c(C(C)C)cccc2C(C)C)C(=[CH][Ge][Cl])N1c1c(C(C)C)cccc1C(C)C. The molecule has 0 bridgehead atoms. The van der Waals surface area contributed by atoms with E-state index in [1.165, 1.54) is 102 Å². The van der Waals surface area contributed by atoms with Gasteiger partial charge in [-0.1, -0.05) is 0 Å². The molecular weight excluding hydrogens is 993 g/mol. The number of halogens is 2. The summed E-state index contributed by atoms with van der Waals surface area (Å²) in [6.07, 6.45) is 0. The number of nitrogens with zero attached hydrogens (tertiary/aromatic N) is 4. The summed E-state index contributed by atoms with van der Waals surface area (Å²) in [5, 5.41) is 0. The normalized spacial score (nSPS) is 14.6. The third-order valence-electron chi connectivity index (χ3n) is 13.9. The maximum absolute atomic E-state index is 6.57. The van der Waals surface area contributed by atoms with Crippen LogP contribution in [0.4, 0.5) is 22.7 Å². The molecule has 4 aromatic rings. The Hall–Kier alpha value is -3.29. The van der Waals surface area contributed by atoms with Crippen LogP contribution in [0.25, 0.3) is 0 Å². The Balaban J connectivity index is 0.000000254. The van der Waals surface area contributed by atoms with E-state index in [9.17, 15) is 0 Å². The molecule has 0 fully saturated rings. The van der Waals surface area contributed by atoms with Crippen LogP contribution in [0.1, 0.15) is 230 Å². The van der Waals surface area contributed by atoms with Gasteiger partial charge in [-0.2, -0.15) is 0 Å². The van der Waals surface area contributed by atoms with Crippen LogP contribution in [0.2, 0.25) is 0 Å². The average Bonchev–Trinajstić information content (AvgIpc) is 3.67. The van der Waals surface area contributed by atoms with Crippen LogP contribution >= 0.6 is 20.0 Å². The third-order valence-corrected chi connectivity index (χ3v) is 16.6. The summed E-state index contributed by atoms with van der Waals surface area (Å²) in [5.41, 5.74) is 21.6. The van der Waals surface area contributed by atoms with E-state index < -0.39 is 29.0 Å². The van der Waals surface area contributed by atoms with Crippen molar-refractivity contribution in [1.82, 2.24) is 0 Å². The zero-order valence-corrected chi connectivity index (χ0v) is 51.0. The Kier molecular flexibility index (Phi) is 19.4. The molecule has 2 heterocycles. The van der Waals surface area contributed by atoms with Crippen molar-refractivity contribution in [1.29, 1.82) is 0 Å². The second-order valence-electron chi connectivity index (χ2n) is 21.3. The molecule has 68 heavy (non-hydrogen) atoms. The maximum atomic E-state index is 6.57. The van der Waals surface area contributed by atoms with Gasteiger partial charge in [-0.05, 0) is 0 Å². The molecule has 4 radical (unpaired) electrons. The Morgan fingerprint density at radius 3 is 0.574 bits per heavy atom. The average molecular weight is 1080 g/mol. The van der Waals surface area contributed by atoms with Crippen LogP contribution < -0.4 is 19.6 Å². The van der Waals surface area contributed by atoms with Gasteiger partial charge in [0.1, 0.15) is 0 Å². The molecule has 0 aromatic heterocycles. The molecule has 8 heteroatoms. The fourth-order valence-corrected chi connectivity index (χ4v) is 12.6. The second-order valence-corrected chi connectivity index (χ2v) is 25.7. The molecule has 364 valence electrons. The first kappa shape index (κ1) is 55.6. The Morgan fingerprint density at radius 2 is 0.456 bits per heavy atom. The fraction of sp³-hybridized carbons (Fsp3) is 0.467. The van der Waals surface area contributed by atoms with E-state index in [4.69, 9.17) is 20.0 Å². The van der Waals surface area contributed by atoms with E-state index >= 15 is 0 Å². The molecule has 0 N–H and O–H groups in total. The molecular formula is C60H82Cl2Ge2N4. The summed E-state index contributed by atoms with van der Waals surface area (Å²) < 4.78 is 0. The summed E-state index contributed by atoms with van der Waals surface area (Å²) in [5.74, 6) is 5.84. The van der Waals surface area contributed by atoms with Gasteiger partial charge in [0, 0.05) is 0 Å². The van der Waals surface area contributed by atoms with Gasteiger partial charge in [-0.25, -0.2) is 0 Å². The molecule has 2 aliphatic rings. The van der Waals surface area contributed by atoms with Crippen molar-refractivity contribution in [3.63, 3.8) is 0 Å². The van der Waals surface area contributed by atoms with Gasteiger partial charge in [-0.3, -0.25) is 0 Å². The number of allylic oxidation sites excluding steroid dienone is 4. The molecule has 0 aliphatic carbocycles. The zero-order valence-electron chi connectivity index (χ0n) is 45.2. The second kappa shape index (κ2) is 23.7. The van der Waals surface area contributed by atoms with Gasteiger partial charge >= 0.3 is 439 Å². The molecule has 0 saturated carbocycles. The van der Waals surface area contributed by atoms with Gasteiger partial charge in [0.2, 0.25) is 0 Å². The number of para-hydroxylation sites is 4. The molecule has 4 nitrogen and oxygen atoms in total. The van der Waals surface area contributed by atoms with Crippen molar-refractivity contribution in [3.05, 3.63) is 162 Å². The zero-order chi connectivity index (χ0) is 50.6. The van der Waals surface area contributed by atoms with Gasteiger partial charge in [0.05, 0.1) is 0 Å².